The number of benzene rings is 1. The molecule has 1 unspecified atom stereocenters. The first-order valence-electron chi connectivity index (χ1n) is 8.39. The molecular formula is C18H19F4NO4. The predicted octanol–water partition coefficient (Wildman–Crippen LogP) is 2.72. The zero-order valence-corrected chi connectivity index (χ0v) is 14.7. The maximum atomic E-state index is 14.4. The second kappa shape index (κ2) is 8.51. The fourth-order valence-electron chi connectivity index (χ4n) is 2.42. The molecule has 1 saturated carbocycles. The highest BCUT2D eigenvalue weighted by Crippen LogP contribution is 2.44. The first-order chi connectivity index (χ1) is 12.7. The van der Waals surface area contributed by atoms with E-state index in [1.54, 1.807) is 0 Å². The van der Waals surface area contributed by atoms with Gasteiger partial charge in [0.05, 0.1) is 13.2 Å². The Morgan fingerprint density at radius 3 is 2.19 bits per heavy atom. The van der Waals surface area contributed by atoms with Gasteiger partial charge < -0.3 is 15.2 Å². The number of esters is 1. The number of carbonyl (C=O) groups excluding carboxylic acids is 2. The van der Waals surface area contributed by atoms with Crippen LogP contribution in [0, 0.1) is 23.3 Å². The van der Waals surface area contributed by atoms with Crippen molar-refractivity contribution in [3.63, 3.8) is 0 Å². The summed E-state index contributed by atoms with van der Waals surface area (Å²) in [4.78, 5) is 24.5. The van der Waals surface area contributed by atoms with Gasteiger partial charge in [-0.05, 0) is 32.6 Å². The van der Waals surface area contributed by atoms with Crippen molar-refractivity contribution >= 4 is 11.8 Å². The van der Waals surface area contributed by atoms with Gasteiger partial charge in [-0.2, -0.15) is 0 Å². The summed E-state index contributed by atoms with van der Waals surface area (Å²) in [7, 11) is 0. The molecular weight excluding hydrogens is 370 g/mol. The molecule has 0 spiro atoms. The highest BCUT2D eigenvalue weighted by Gasteiger charge is 2.38. The van der Waals surface area contributed by atoms with E-state index < -0.39 is 63.7 Å². The number of halogens is 4. The molecule has 1 atom stereocenters. The van der Waals surface area contributed by atoms with Gasteiger partial charge in [0.1, 0.15) is 11.1 Å². The first kappa shape index (κ1) is 20.9. The molecule has 2 rings (SSSR count). The Labute approximate surface area is 153 Å². The lowest BCUT2D eigenvalue weighted by Gasteiger charge is -2.13. The minimum Gasteiger partial charge on any atom is -0.462 e. The van der Waals surface area contributed by atoms with Gasteiger partial charge in [0.15, 0.2) is 23.3 Å². The fourth-order valence-corrected chi connectivity index (χ4v) is 2.42. The second-order valence-corrected chi connectivity index (χ2v) is 6.18. The quantitative estimate of drug-likeness (QED) is 0.136. The van der Waals surface area contributed by atoms with Gasteiger partial charge in [-0.1, -0.05) is 0 Å². The summed E-state index contributed by atoms with van der Waals surface area (Å²) < 4.78 is 61.8. The van der Waals surface area contributed by atoms with Crippen molar-refractivity contribution in [2.75, 3.05) is 13.2 Å². The Balaban J connectivity index is 2.53. The Morgan fingerprint density at radius 1 is 1.19 bits per heavy atom. The van der Waals surface area contributed by atoms with E-state index in [2.05, 4.69) is 10.1 Å². The van der Waals surface area contributed by atoms with Crippen LogP contribution in [0.2, 0.25) is 0 Å². The molecule has 0 aliphatic heterocycles. The van der Waals surface area contributed by atoms with E-state index in [9.17, 15) is 27.2 Å². The monoisotopic (exact) mass is 389 g/mol. The number of aliphatic hydroxyl groups excluding tert-OH is 1. The smallest absolute Gasteiger partial charge is 0.343 e. The Morgan fingerprint density at radius 2 is 1.74 bits per heavy atom. The summed E-state index contributed by atoms with van der Waals surface area (Å²) in [5.41, 5.74) is -3.09. The average molecular weight is 389 g/mol. The number of Topliss-reactive ketones (excluding diaryl/α,β-unsaturated/α-hetero) is 1. The summed E-state index contributed by atoms with van der Waals surface area (Å²) in [6.45, 7) is 2.42. The van der Waals surface area contributed by atoms with Gasteiger partial charge in [0, 0.05) is 17.8 Å². The van der Waals surface area contributed by atoms with Crippen molar-refractivity contribution in [3.8, 4) is 0 Å². The molecule has 27 heavy (non-hydrogen) atoms. The number of aliphatic hydroxyl groups is 1. The molecule has 5 nitrogen and oxygen atoms in total. The van der Waals surface area contributed by atoms with E-state index in [4.69, 9.17) is 5.11 Å². The van der Waals surface area contributed by atoms with Crippen molar-refractivity contribution < 1.29 is 37.0 Å². The van der Waals surface area contributed by atoms with Crippen molar-refractivity contribution in [2.24, 2.45) is 0 Å². The average Bonchev–Trinajstić information content (AvgIpc) is 3.45. The molecule has 0 aromatic heterocycles. The van der Waals surface area contributed by atoms with E-state index in [0.29, 0.717) is 12.8 Å². The molecule has 2 N–H and O–H groups in total. The molecule has 0 saturated heterocycles. The fraction of sp³-hybridized carbons (Fsp3) is 0.444. The van der Waals surface area contributed by atoms with E-state index in [-0.39, 0.29) is 13.2 Å². The Kier molecular flexibility index (Phi) is 6.59. The Bertz CT molecular complexity index is 761. The molecule has 1 aromatic rings. The molecule has 9 heteroatoms. The molecule has 0 amide bonds. The summed E-state index contributed by atoms with van der Waals surface area (Å²) in [5.74, 6) is -10.4. The zero-order chi connectivity index (χ0) is 20.3. The third kappa shape index (κ3) is 4.29. The minimum absolute atomic E-state index is 0.146. The molecule has 148 valence electrons. The normalized spacial score (nSPS) is 15.4. The van der Waals surface area contributed by atoms with E-state index >= 15 is 0 Å². The van der Waals surface area contributed by atoms with Crippen LogP contribution < -0.4 is 5.32 Å². The maximum absolute atomic E-state index is 14.4. The Hall–Kier alpha value is -2.42. The summed E-state index contributed by atoms with van der Waals surface area (Å²) in [5, 5.41) is 11.4. The van der Waals surface area contributed by atoms with Crippen LogP contribution in [0.5, 0.6) is 0 Å². The van der Waals surface area contributed by atoms with Crippen LogP contribution >= 0.6 is 0 Å². The van der Waals surface area contributed by atoms with Gasteiger partial charge >= 0.3 is 5.97 Å². The van der Waals surface area contributed by atoms with Crippen LogP contribution in [0.4, 0.5) is 17.6 Å². The topological polar surface area (TPSA) is 75.6 Å². The van der Waals surface area contributed by atoms with Crippen LogP contribution in [0.1, 0.15) is 48.5 Å². The maximum Gasteiger partial charge on any atom is 0.343 e. The SMILES string of the molecule is CCOC(=O)/C(=C\NC(C)CO)C(=O)c1c(F)c(F)c(C2CC2)c(F)c1F. The lowest BCUT2D eigenvalue weighted by Crippen LogP contribution is -2.28. The van der Waals surface area contributed by atoms with Crippen molar-refractivity contribution in [3.05, 3.63) is 46.2 Å². The van der Waals surface area contributed by atoms with Gasteiger partial charge in [-0.3, -0.25) is 4.79 Å². The number of ketones is 1. The lowest BCUT2D eigenvalue weighted by atomic mass is 9.98. The van der Waals surface area contributed by atoms with Crippen LogP contribution in [0.15, 0.2) is 11.8 Å². The first-order valence-corrected chi connectivity index (χ1v) is 8.39. The molecule has 1 aromatic carbocycles. The highest BCUT2D eigenvalue weighted by molar-refractivity contribution is 6.24. The van der Waals surface area contributed by atoms with Gasteiger partial charge in [-0.15, -0.1) is 0 Å². The van der Waals surface area contributed by atoms with E-state index in [0.717, 1.165) is 6.20 Å². The summed E-state index contributed by atoms with van der Waals surface area (Å²) in [6, 6.07) is -0.609. The molecule has 0 heterocycles. The number of carbonyl (C=O) groups is 2. The zero-order valence-electron chi connectivity index (χ0n) is 14.7. The van der Waals surface area contributed by atoms with Gasteiger partial charge in [0.2, 0.25) is 5.78 Å². The van der Waals surface area contributed by atoms with E-state index in [1.807, 2.05) is 0 Å². The molecule has 1 aliphatic rings. The molecule has 0 radical (unpaired) electrons. The number of hydrogen-bond acceptors (Lipinski definition) is 5. The van der Waals surface area contributed by atoms with Crippen molar-refractivity contribution in [1.29, 1.82) is 0 Å². The third-order valence-corrected chi connectivity index (χ3v) is 4.04. The largest absolute Gasteiger partial charge is 0.462 e. The van der Waals surface area contributed by atoms with Crippen LogP contribution in [0.25, 0.3) is 0 Å². The van der Waals surface area contributed by atoms with Crippen LogP contribution in [-0.4, -0.2) is 36.1 Å². The van der Waals surface area contributed by atoms with E-state index in [1.165, 1.54) is 13.8 Å². The van der Waals surface area contributed by atoms with Crippen molar-refractivity contribution in [1.82, 2.24) is 5.32 Å². The molecule has 1 aliphatic carbocycles. The van der Waals surface area contributed by atoms with Crippen LogP contribution in [0.3, 0.4) is 0 Å². The number of hydrogen-bond donors (Lipinski definition) is 2. The van der Waals surface area contributed by atoms with Crippen molar-refractivity contribution in [2.45, 2.75) is 38.6 Å². The standard InChI is InChI=1S/C18H19F4NO4/c1-3-27-18(26)10(6-23-8(2)7-24)17(25)12-15(21)13(19)11(9-4-5-9)14(20)16(12)22/h6,8-9,23-24H,3-5,7H2,1-2H3/b10-6-. The lowest BCUT2D eigenvalue weighted by molar-refractivity contribution is -0.138. The summed E-state index contributed by atoms with van der Waals surface area (Å²) in [6.07, 6.45) is 1.57. The number of rotatable bonds is 8. The van der Waals surface area contributed by atoms with Gasteiger partial charge in [0.25, 0.3) is 0 Å². The predicted molar refractivity (Wildman–Crippen MR) is 87.0 cm³/mol. The minimum atomic E-state index is -1.86. The van der Waals surface area contributed by atoms with Gasteiger partial charge in [-0.25, -0.2) is 22.4 Å². The summed E-state index contributed by atoms with van der Waals surface area (Å²) >= 11 is 0. The number of nitrogens with one attached hydrogen (secondary N) is 1. The molecule has 1 fully saturated rings. The second-order valence-electron chi connectivity index (χ2n) is 6.18. The number of ether oxygens (including phenoxy) is 1. The molecule has 0 bridgehead atoms. The third-order valence-electron chi connectivity index (χ3n) is 4.04. The van der Waals surface area contributed by atoms with Crippen LogP contribution in [-0.2, 0) is 9.53 Å². The highest BCUT2D eigenvalue weighted by atomic mass is 19.2.